The van der Waals surface area contributed by atoms with E-state index in [1.807, 2.05) is 0 Å². The molecule has 1 aromatic carbocycles. The molecule has 0 saturated carbocycles. The van der Waals surface area contributed by atoms with E-state index in [0.29, 0.717) is 6.04 Å². The van der Waals surface area contributed by atoms with Gasteiger partial charge in [0.1, 0.15) is 0 Å². The Balaban J connectivity index is 2.32. The second-order valence-corrected chi connectivity index (χ2v) is 5.30. The van der Waals surface area contributed by atoms with Crippen molar-refractivity contribution in [2.45, 2.75) is 19.4 Å². The number of benzene rings is 1. The van der Waals surface area contributed by atoms with Gasteiger partial charge < -0.3 is 10.2 Å². The summed E-state index contributed by atoms with van der Waals surface area (Å²) in [5, 5.41) is 3.53. The SMILES string of the molecule is C[C@@H](NCCCN(C)C)c1cccc(Br)c1. The van der Waals surface area contributed by atoms with E-state index in [4.69, 9.17) is 0 Å². The standard InChI is InChI=1S/C13H21BrN2/c1-11(15-8-5-9-16(2)3)12-6-4-7-13(14)10-12/h4,6-7,10-11,15H,5,8-9H2,1-3H3/t11-/m1/s1. The Bertz CT molecular complexity index is 313. The molecule has 90 valence electrons. The fourth-order valence-electron chi connectivity index (χ4n) is 1.61. The highest BCUT2D eigenvalue weighted by atomic mass is 79.9. The number of hydrogen-bond donors (Lipinski definition) is 1. The van der Waals surface area contributed by atoms with Crippen LogP contribution in [0.1, 0.15) is 24.9 Å². The first-order valence-corrected chi connectivity index (χ1v) is 6.52. The van der Waals surface area contributed by atoms with Crippen LogP contribution in [0, 0.1) is 0 Å². The summed E-state index contributed by atoms with van der Waals surface area (Å²) in [6.45, 7) is 4.40. The van der Waals surface area contributed by atoms with Crippen LogP contribution >= 0.6 is 15.9 Å². The van der Waals surface area contributed by atoms with Crippen molar-refractivity contribution in [3.05, 3.63) is 34.3 Å². The maximum atomic E-state index is 3.53. The van der Waals surface area contributed by atoms with Gasteiger partial charge in [0, 0.05) is 10.5 Å². The highest BCUT2D eigenvalue weighted by molar-refractivity contribution is 9.10. The van der Waals surface area contributed by atoms with E-state index in [0.717, 1.165) is 17.6 Å². The van der Waals surface area contributed by atoms with Gasteiger partial charge in [-0.15, -0.1) is 0 Å². The van der Waals surface area contributed by atoms with Crippen molar-refractivity contribution in [1.82, 2.24) is 10.2 Å². The lowest BCUT2D eigenvalue weighted by molar-refractivity contribution is 0.389. The number of nitrogens with zero attached hydrogens (tertiary/aromatic N) is 1. The van der Waals surface area contributed by atoms with Crippen molar-refractivity contribution < 1.29 is 0 Å². The Morgan fingerprint density at radius 3 is 2.75 bits per heavy atom. The zero-order valence-corrected chi connectivity index (χ0v) is 11.9. The zero-order chi connectivity index (χ0) is 12.0. The van der Waals surface area contributed by atoms with Crippen molar-refractivity contribution in [2.75, 3.05) is 27.2 Å². The van der Waals surface area contributed by atoms with Crippen LogP contribution in [-0.4, -0.2) is 32.1 Å². The van der Waals surface area contributed by atoms with Gasteiger partial charge in [-0.1, -0.05) is 28.1 Å². The molecule has 0 radical (unpaired) electrons. The van der Waals surface area contributed by atoms with E-state index in [2.05, 4.69) is 71.4 Å². The molecule has 0 fully saturated rings. The first kappa shape index (κ1) is 13.7. The van der Waals surface area contributed by atoms with Crippen molar-refractivity contribution in [3.63, 3.8) is 0 Å². The number of hydrogen-bond acceptors (Lipinski definition) is 2. The van der Waals surface area contributed by atoms with Crippen LogP contribution in [-0.2, 0) is 0 Å². The largest absolute Gasteiger partial charge is 0.310 e. The molecule has 3 heteroatoms. The number of nitrogens with one attached hydrogen (secondary N) is 1. The maximum absolute atomic E-state index is 3.53. The maximum Gasteiger partial charge on any atom is 0.0292 e. The molecule has 0 heterocycles. The molecule has 0 bridgehead atoms. The van der Waals surface area contributed by atoms with Crippen LogP contribution < -0.4 is 5.32 Å². The summed E-state index contributed by atoms with van der Waals surface area (Å²) >= 11 is 3.50. The Labute approximate surface area is 107 Å². The van der Waals surface area contributed by atoms with Crippen LogP contribution in [0.3, 0.4) is 0 Å². The van der Waals surface area contributed by atoms with Gasteiger partial charge in [-0.05, 0) is 58.2 Å². The predicted octanol–water partition coefficient (Wildman–Crippen LogP) is 3.05. The monoisotopic (exact) mass is 284 g/mol. The van der Waals surface area contributed by atoms with E-state index in [1.54, 1.807) is 0 Å². The molecule has 0 spiro atoms. The fourth-order valence-corrected chi connectivity index (χ4v) is 2.02. The van der Waals surface area contributed by atoms with Gasteiger partial charge in [0.2, 0.25) is 0 Å². The second-order valence-electron chi connectivity index (χ2n) is 4.39. The molecule has 16 heavy (non-hydrogen) atoms. The molecule has 0 saturated heterocycles. The van der Waals surface area contributed by atoms with E-state index < -0.39 is 0 Å². The van der Waals surface area contributed by atoms with Crippen LogP contribution in [0.4, 0.5) is 0 Å². The lowest BCUT2D eigenvalue weighted by Gasteiger charge is -2.15. The lowest BCUT2D eigenvalue weighted by atomic mass is 10.1. The summed E-state index contributed by atoms with van der Waals surface area (Å²) in [6, 6.07) is 8.89. The van der Waals surface area contributed by atoms with Crippen molar-refractivity contribution >= 4 is 15.9 Å². The van der Waals surface area contributed by atoms with Gasteiger partial charge in [-0.2, -0.15) is 0 Å². The molecular formula is C13H21BrN2. The average molecular weight is 285 g/mol. The van der Waals surface area contributed by atoms with Gasteiger partial charge in [0.25, 0.3) is 0 Å². The molecule has 0 amide bonds. The smallest absolute Gasteiger partial charge is 0.0292 e. The average Bonchev–Trinajstić information content (AvgIpc) is 2.24. The Morgan fingerprint density at radius 1 is 1.38 bits per heavy atom. The summed E-state index contributed by atoms with van der Waals surface area (Å²) in [4.78, 5) is 2.21. The van der Waals surface area contributed by atoms with Gasteiger partial charge in [0.05, 0.1) is 0 Å². The molecular weight excluding hydrogens is 264 g/mol. The van der Waals surface area contributed by atoms with E-state index >= 15 is 0 Å². The molecule has 1 rings (SSSR count). The Hall–Kier alpha value is -0.380. The van der Waals surface area contributed by atoms with Crippen LogP contribution in [0.5, 0.6) is 0 Å². The normalized spacial score (nSPS) is 13.1. The molecule has 1 aromatic rings. The molecule has 1 N–H and O–H groups in total. The van der Waals surface area contributed by atoms with Crippen molar-refractivity contribution in [2.24, 2.45) is 0 Å². The van der Waals surface area contributed by atoms with E-state index in [-0.39, 0.29) is 0 Å². The Kier molecular flexibility index (Phi) is 6.03. The first-order chi connectivity index (χ1) is 7.59. The van der Waals surface area contributed by atoms with Crippen LogP contribution in [0.25, 0.3) is 0 Å². The van der Waals surface area contributed by atoms with Gasteiger partial charge in [0.15, 0.2) is 0 Å². The molecule has 0 aliphatic rings. The highest BCUT2D eigenvalue weighted by Crippen LogP contribution is 2.17. The molecule has 0 unspecified atom stereocenters. The summed E-state index contributed by atoms with van der Waals surface area (Å²) < 4.78 is 1.15. The third-order valence-electron chi connectivity index (χ3n) is 2.58. The quantitative estimate of drug-likeness (QED) is 0.808. The van der Waals surface area contributed by atoms with Crippen LogP contribution in [0.15, 0.2) is 28.7 Å². The molecule has 0 aliphatic heterocycles. The Morgan fingerprint density at radius 2 is 2.12 bits per heavy atom. The lowest BCUT2D eigenvalue weighted by Crippen LogP contribution is -2.23. The molecule has 0 aliphatic carbocycles. The fraction of sp³-hybridized carbons (Fsp3) is 0.538. The van der Waals surface area contributed by atoms with Gasteiger partial charge in [-0.25, -0.2) is 0 Å². The van der Waals surface area contributed by atoms with Gasteiger partial charge in [-0.3, -0.25) is 0 Å². The topological polar surface area (TPSA) is 15.3 Å². The predicted molar refractivity (Wildman–Crippen MR) is 73.7 cm³/mol. The number of halogens is 1. The highest BCUT2D eigenvalue weighted by Gasteiger charge is 2.04. The minimum Gasteiger partial charge on any atom is -0.310 e. The zero-order valence-electron chi connectivity index (χ0n) is 10.3. The number of rotatable bonds is 6. The minimum atomic E-state index is 0.416. The van der Waals surface area contributed by atoms with Crippen LogP contribution in [0.2, 0.25) is 0 Å². The second kappa shape index (κ2) is 7.05. The van der Waals surface area contributed by atoms with E-state index in [9.17, 15) is 0 Å². The minimum absolute atomic E-state index is 0.416. The summed E-state index contributed by atoms with van der Waals surface area (Å²) in [5.74, 6) is 0. The van der Waals surface area contributed by atoms with Crippen molar-refractivity contribution in [3.8, 4) is 0 Å². The molecule has 2 nitrogen and oxygen atoms in total. The molecule has 0 aromatic heterocycles. The summed E-state index contributed by atoms with van der Waals surface area (Å²) in [7, 11) is 4.22. The third-order valence-corrected chi connectivity index (χ3v) is 3.07. The molecule has 1 atom stereocenters. The summed E-state index contributed by atoms with van der Waals surface area (Å²) in [6.07, 6.45) is 1.19. The van der Waals surface area contributed by atoms with E-state index in [1.165, 1.54) is 12.0 Å². The first-order valence-electron chi connectivity index (χ1n) is 5.73. The van der Waals surface area contributed by atoms with Gasteiger partial charge >= 0.3 is 0 Å². The third kappa shape index (κ3) is 5.10. The van der Waals surface area contributed by atoms with Crippen molar-refractivity contribution in [1.29, 1.82) is 0 Å². The summed E-state index contributed by atoms with van der Waals surface area (Å²) in [5.41, 5.74) is 1.33.